The van der Waals surface area contributed by atoms with E-state index in [0.29, 0.717) is 0 Å². The summed E-state index contributed by atoms with van der Waals surface area (Å²) in [6.07, 6.45) is -6.24. The highest BCUT2D eigenvalue weighted by Crippen LogP contribution is 2.26. The van der Waals surface area contributed by atoms with Crippen LogP contribution in [0.3, 0.4) is 0 Å². The van der Waals surface area contributed by atoms with Crippen molar-refractivity contribution < 1.29 is 32.5 Å². The first-order valence-corrected chi connectivity index (χ1v) is 6.71. The molecule has 1 aliphatic carbocycles. The first-order chi connectivity index (χ1) is 10.2. The number of nitrogens with two attached hydrogens (primary N) is 2. The largest absolute Gasteiger partial charge is 0.378 e. The van der Waals surface area contributed by atoms with Gasteiger partial charge in [0.1, 0.15) is 18.4 Å². The molecule has 0 spiro atoms. The molecule has 1 aliphatic rings. The van der Waals surface area contributed by atoms with Crippen molar-refractivity contribution in [1.29, 1.82) is 0 Å². The second-order valence-electron chi connectivity index (χ2n) is 5.23. The Hall–Kier alpha value is -0.940. The van der Waals surface area contributed by atoms with Crippen molar-refractivity contribution in [3.8, 4) is 0 Å². The van der Waals surface area contributed by atoms with Crippen LogP contribution in [0.1, 0.15) is 6.42 Å². The van der Waals surface area contributed by atoms with Gasteiger partial charge in [-0.3, -0.25) is 4.79 Å². The van der Waals surface area contributed by atoms with E-state index in [2.05, 4.69) is 0 Å². The number of carbonyl (C=O) groups is 1. The lowest BCUT2D eigenvalue weighted by atomic mass is 9.84. The Bertz CT molecular complexity index is 389. The van der Waals surface area contributed by atoms with Gasteiger partial charge in [-0.15, -0.1) is 0 Å². The highest BCUT2D eigenvalue weighted by Gasteiger charge is 2.48. The van der Waals surface area contributed by atoms with Gasteiger partial charge in [0, 0.05) is 20.3 Å². The van der Waals surface area contributed by atoms with Gasteiger partial charge in [0.15, 0.2) is 6.10 Å². The van der Waals surface area contributed by atoms with Crippen LogP contribution in [0.15, 0.2) is 0 Å². The molecule has 130 valence electrons. The molecule has 0 saturated heterocycles. The summed E-state index contributed by atoms with van der Waals surface area (Å²) in [5.41, 5.74) is 10.6. The van der Waals surface area contributed by atoms with Crippen molar-refractivity contribution in [2.45, 2.75) is 48.9 Å². The van der Waals surface area contributed by atoms with E-state index in [-0.39, 0.29) is 6.42 Å². The fraction of sp³-hybridized carbons (Fsp3) is 0.917. The van der Waals surface area contributed by atoms with Crippen molar-refractivity contribution >= 4 is 5.91 Å². The predicted molar refractivity (Wildman–Crippen MR) is 71.0 cm³/mol. The second-order valence-corrected chi connectivity index (χ2v) is 5.23. The van der Waals surface area contributed by atoms with E-state index in [4.69, 9.17) is 20.9 Å². The number of rotatable bonds is 6. The van der Waals surface area contributed by atoms with Crippen LogP contribution in [0.4, 0.5) is 13.2 Å². The van der Waals surface area contributed by atoms with Crippen molar-refractivity contribution in [3.05, 3.63) is 0 Å². The molecule has 1 saturated carbocycles. The number of methoxy groups -OCH3 is 2. The Morgan fingerprint density at radius 1 is 1.41 bits per heavy atom. The number of aliphatic hydroxyl groups is 1. The number of aliphatic hydroxyl groups excluding tert-OH is 1. The normalized spacial score (nSPS) is 34.3. The number of hydrogen-bond acceptors (Lipinski definition) is 6. The van der Waals surface area contributed by atoms with Gasteiger partial charge in [-0.25, -0.2) is 13.2 Å². The molecular formula is C12H22F3N3O4. The smallest absolute Gasteiger partial charge is 0.294 e. The van der Waals surface area contributed by atoms with E-state index in [1.807, 2.05) is 5.32 Å². The van der Waals surface area contributed by atoms with Gasteiger partial charge in [-0.1, -0.05) is 0 Å². The molecule has 1 fully saturated rings. The molecule has 0 aromatic carbocycles. The van der Waals surface area contributed by atoms with Crippen LogP contribution in [0.5, 0.6) is 0 Å². The van der Waals surface area contributed by atoms with Crippen LogP contribution in [0.2, 0.25) is 0 Å². The summed E-state index contributed by atoms with van der Waals surface area (Å²) >= 11 is 0. The lowest BCUT2D eigenvalue weighted by Gasteiger charge is -2.41. The van der Waals surface area contributed by atoms with Crippen LogP contribution in [-0.2, 0) is 14.3 Å². The first kappa shape index (κ1) is 19.1. The molecule has 0 bridgehead atoms. The maximum atomic E-state index is 14.4. The van der Waals surface area contributed by atoms with E-state index in [9.17, 15) is 23.1 Å². The Labute approximate surface area is 126 Å². The molecule has 6 atom stereocenters. The molecule has 0 radical (unpaired) electrons. The minimum absolute atomic E-state index is 0.0494. The molecule has 6 N–H and O–H groups in total. The molecule has 0 aromatic heterocycles. The average molecular weight is 329 g/mol. The third kappa shape index (κ3) is 3.87. The van der Waals surface area contributed by atoms with Crippen molar-refractivity contribution in [2.75, 3.05) is 20.8 Å². The molecule has 1 amide bonds. The topological polar surface area (TPSA) is 120 Å². The van der Waals surface area contributed by atoms with Crippen LogP contribution < -0.4 is 16.8 Å². The third-order valence-electron chi connectivity index (χ3n) is 3.76. The molecule has 2 unspecified atom stereocenters. The summed E-state index contributed by atoms with van der Waals surface area (Å²) < 4.78 is 50.8. The number of hydrogen-bond donors (Lipinski definition) is 4. The minimum Gasteiger partial charge on any atom is -0.378 e. The van der Waals surface area contributed by atoms with Gasteiger partial charge in [-0.05, 0) is 6.42 Å². The molecular weight excluding hydrogens is 307 g/mol. The Balaban J connectivity index is 2.79. The lowest BCUT2D eigenvalue weighted by molar-refractivity contribution is -0.156. The van der Waals surface area contributed by atoms with Crippen molar-refractivity contribution in [1.82, 2.24) is 5.32 Å². The Morgan fingerprint density at radius 3 is 2.41 bits per heavy atom. The molecule has 7 nitrogen and oxygen atoms in total. The summed E-state index contributed by atoms with van der Waals surface area (Å²) in [7, 11) is 2.59. The number of carbonyl (C=O) groups excluding carboxylic acids is 1. The summed E-state index contributed by atoms with van der Waals surface area (Å²) in [5, 5.41) is 11.3. The molecule has 22 heavy (non-hydrogen) atoms. The van der Waals surface area contributed by atoms with E-state index in [0.717, 1.165) is 0 Å². The van der Waals surface area contributed by atoms with E-state index in [1.54, 1.807) is 0 Å². The lowest BCUT2D eigenvalue weighted by Crippen LogP contribution is -2.64. The van der Waals surface area contributed by atoms with Crippen LogP contribution in [0, 0.1) is 0 Å². The maximum Gasteiger partial charge on any atom is 0.294 e. The predicted octanol–water partition coefficient (Wildman–Crippen LogP) is -1.47. The SMILES string of the molecule is CO[C@H]1[C@H](OC)C(F)[C@H](NC(=O)C(O)C(F)(F)CN)C[C@@H]1N. The van der Waals surface area contributed by atoms with Gasteiger partial charge >= 0.3 is 0 Å². The first-order valence-electron chi connectivity index (χ1n) is 6.71. The summed E-state index contributed by atoms with van der Waals surface area (Å²) in [5.74, 6) is -5.22. The number of halogens is 3. The van der Waals surface area contributed by atoms with Crippen LogP contribution in [-0.4, -0.2) is 74.3 Å². The van der Waals surface area contributed by atoms with Crippen molar-refractivity contribution in [2.24, 2.45) is 11.5 Å². The molecule has 0 heterocycles. The molecule has 1 rings (SSSR count). The maximum absolute atomic E-state index is 14.4. The second kappa shape index (κ2) is 7.55. The van der Waals surface area contributed by atoms with Gasteiger partial charge in [0.05, 0.1) is 12.6 Å². The average Bonchev–Trinajstić information content (AvgIpc) is 2.49. The Morgan fingerprint density at radius 2 is 1.95 bits per heavy atom. The number of nitrogens with one attached hydrogen (secondary N) is 1. The third-order valence-corrected chi connectivity index (χ3v) is 3.76. The van der Waals surface area contributed by atoms with Crippen LogP contribution in [0.25, 0.3) is 0 Å². The van der Waals surface area contributed by atoms with Gasteiger partial charge in [0.2, 0.25) is 0 Å². The molecule has 10 heteroatoms. The summed E-state index contributed by atoms with van der Waals surface area (Å²) in [6, 6.07) is -1.85. The quantitative estimate of drug-likeness (QED) is 0.472. The summed E-state index contributed by atoms with van der Waals surface area (Å²) in [6.45, 7) is -1.21. The van der Waals surface area contributed by atoms with E-state index >= 15 is 0 Å². The fourth-order valence-corrected chi connectivity index (χ4v) is 2.49. The van der Waals surface area contributed by atoms with Crippen LogP contribution >= 0.6 is 0 Å². The standard InChI is InChI=1S/C12H22F3N3O4/c1-21-8-5(17)3-6(7(13)9(8)22-2)18-11(20)10(19)12(14,15)4-16/h5-10,19H,3-4,16-17H2,1-2H3,(H,18,20)/t5-,6+,7?,8+,9+,10?/m0/s1. The minimum atomic E-state index is -3.80. The number of alkyl halides is 3. The number of ether oxygens (including phenoxy) is 2. The van der Waals surface area contributed by atoms with Gasteiger partial charge in [-0.2, -0.15) is 0 Å². The summed E-state index contributed by atoms with van der Waals surface area (Å²) in [4.78, 5) is 11.6. The zero-order valence-corrected chi connectivity index (χ0v) is 12.3. The number of amides is 1. The molecule has 0 aromatic rings. The monoisotopic (exact) mass is 329 g/mol. The fourth-order valence-electron chi connectivity index (χ4n) is 2.49. The highest BCUT2D eigenvalue weighted by molar-refractivity contribution is 5.82. The highest BCUT2D eigenvalue weighted by atomic mass is 19.3. The zero-order valence-electron chi connectivity index (χ0n) is 12.3. The van der Waals surface area contributed by atoms with E-state index < -0.39 is 54.9 Å². The zero-order chi connectivity index (χ0) is 17.1. The van der Waals surface area contributed by atoms with Gasteiger partial charge in [0.25, 0.3) is 11.8 Å². The van der Waals surface area contributed by atoms with Gasteiger partial charge < -0.3 is 31.4 Å². The Kier molecular flexibility index (Phi) is 6.56. The van der Waals surface area contributed by atoms with Crippen molar-refractivity contribution in [3.63, 3.8) is 0 Å². The van der Waals surface area contributed by atoms with E-state index in [1.165, 1.54) is 14.2 Å². The molecule has 0 aliphatic heterocycles.